The van der Waals surface area contributed by atoms with Crippen molar-refractivity contribution in [2.75, 3.05) is 13.1 Å². The number of amides is 2. The van der Waals surface area contributed by atoms with Crippen LogP contribution in [0.5, 0.6) is 0 Å². The minimum atomic E-state index is -0.346. The Bertz CT molecular complexity index is 794. The van der Waals surface area contributed by atoms with Gasteiger partial charge in [-0.2, -0.15) is 0 Å². The monoisotopic (exact) mass is 382 g/mol. The fourth-order valence-corrected chi connectivity index (χ4v) is 3.70. The van der Waals surface area contributed by atoms with E-state index < -0.39 is 0 Å². The molecule has 0 radical (unpaired) electrons. The molecule has 1 saturated heterocycles. The normalized spacial score (nSPS) is 18.8. The van der Waals surface area contributed by atoms with Gasteiger partial charge in [0, 0.05) is 13.1 Å². The molecule has 148 valence electrons. The molecular formula is C23H27FN2O2. The van der Waals surface area contributed by atoms with Crippen LogP contribution < -0.4 is 5.32 Å². The molecule has 1 N–H and O–H groups in total. The highest BCUT2D eigenvalue weighted by atomic mass is 19.1. The first-order valence-corrected chi connectivity index (χ1v) is 9.99. The Balaban J connectivity index is 1.87. The van der Waals surface area contributed by atoms with Crippen LogP contribution in [0.1, 0.15) is 49.3 Å². The maximum Gasteiger partial charge on any atom is 0.227 e. The summed E-state index contributed by atoms with van der Waals surface area (Å²) in [5, 5.41) is 2.97. The zero-order chi connectivity index (χ0) is 19.8. The summed E-state index contributed by atoms with van der Waals surface area (Å²) in [6.45, 7) is 1.28. The Hall–Kier alpha value is -2.69. The molecule has 1 fully saturated rings. The number of carbonyl (C=O) groups is 2. The van der Waals surface area contributed by atoms with Gasteiger partial charge in [-0.15, -0.1) is 0 Å². The van der Waals surface area contributed by atoms with Gasteiger partial charge in [0.15, 0.2) is 0 Å². The van der Waals surface area contributed by atoms with Gasteiger partial charge in [-0.05, 0) is 36.1 Å². The molecule has 0 bridgehead atoms. The average molecular weight is 382 g/mol. The van der Waals surface area contributed by atoms with Crippen LogP contribution in [0.3, 0.4) is 0 Å². The summed E-state index contributed by atoms with van der Waals surface area (Å²) in [5.41, 5.74) is 1.60. The van der Waals surface area contributed by atoms with Gasteiger partial charge in [0.25, 0.3) is 0 Å². The summed E-state index contributed by atoms with van der Waals surface area (Å²) in [7, 11) is 0. The number of halogens is 1. The molecule has 0 saturated carbocycles. The zero-order valence-electron chi connectivity index (χ0n) is 16.1. The SMILES string of the molecule is O=C1CC(c2ccccc2)N(C(=O)Cc2cccc(F)c2)CCCCCCN1. The maximum absolute atomic E-state index is 13.5. The second kappa shape index (κ2) is 10.0. The molecule has 28 heavy (non-hydrogen) atoms. The summed E-state index contributed by atoms with van der Waals surface area (Å²) in [4.78, 5) is 27.5. The van der Waals surface area contributed by atoms with E-state index in [1.54, 1.807) is 12.1 Å². The molecule has 3 rings (SSSR count). The highest BCUT2D eigenvalue weighted by Gasteiger charge is 2.27. The summed E-state index contributed by atoms with van der Waals surface area (Å²) in [6, 6.07) is 15.5. The second-order valence-electron chi connectivity index (χ2n) is 7.29. The average Bonchev–Trinajstić information content (AvgIpc) is 2.73. The predicted octanol–water partition coefficient (Wildman–Crippen LogP) is 4.02. The van der Waals surface area contributed by atoms with E-state index in [0.29, 0.717) is 18.7 Å². The minimum absolute atomic E-state index is 0.0423. The van der Waals surface area contributed by atoms with Crippen LogP contribution >= 0.6 is 0 Å². The van der Waals surface area contributed by atoms with Crippen LogP contribution in [0.4, 0.5) is 4.39 Å². The Morgan fingerprint density at radius 3 is 2.61 bits per heavy atom. The van der Waals surface area contributed by atoms with Gasteiger partial charge in [-0.3, -0.25) is 9.59 Å². The first-order valence-electron chi connectivity index (χ1n) is 9.99. The van der Waals surface area contributed by atoms with Crippen LogP contribution in [0.15, 0.2) is 54.6 Å². The molecule has 2 aromatic rings. The number of nitrogens with one attached hydrogen (secondary N) is 1. The van der Waals surface area contributed by atoms with E-state index in [0.717, 1.165) is 31.2 Å². The number of rotatable bonds is 3. The number of benzene rings is 2. The van der Waals surface area contributed by atoms with Gasteiger partial charge < -0.3 is 10.2 Å². The van der Waals surface area contributed by atoms with Crippen LogP contribution in [0.2, 0.25) is 0 Å². The van der Waals surface area contributed by atoms with Gasteiger partial charge in [0.2, 0.25) is 11.8 Å². The molecular weight excluding hydrogens is 355 g/mol. The molecule has 1 atom stereocenters. The van der Waals surface area contributed by atoms with Crippen LogP contribution in [0.25, 0.3) is 0 Å². The molecule has 1 aliphatic heterocycles. The van der Waals surface area contributed by atoms with Crippen molar-refractivity contribution >= 4 is 11.8 Å². The maximum atomic E-state index is 13.5. The second-order valence-corrected chi connectivity index (χ2v) is 7.29. The molecule has 0 spiro atoms. The molecule has 2 aromatic carbocycles. The van der Waals surface area contributed by atoms with Crippen molar-refractivity contribution in [2.45, 2.75) is 44.6 Å². The van der Waals surface area contributed by atoms with Crippen molar-refractivity contribution < 1.29 is 14.0 Å². The van der Waals surface area contributed by atoms with Gasteiger partial charge in [0.1, 0.15) is 5.82 Å². The van der Waals surface area contributed by atoms with Crippen LogP contribution in [-0.4, -0.2) is 29.8 Å². The summed E-state index contributed by atoms with van der Waals surface area (Å²) in [5.74, 6) is -0.465. The Labute approximate surface area is 165 Å². The van der Waals surface area contributed by atoms with E-state index in [2.05, 4.69) is 5.32 Å². The van der Waals surface area contributed by atoms with Crippen molar-refractivity contribution in [3.05, 3.63) is 71.5 Å². The Kier molecular flexibility index (Phi) is 7.18. The van der Waals surface area contributed by atoms with Gasteiger partial charge in [-0.25, -0.2) is 4.39 Å². The van der Waals surface area contributed by atoms with Gasteiger partial charge >= 0.3 is 0 Å². The topological polar surface area (TPSA) is 49.4 Å². The predicted molar refractivity (Wildman–Crippen MR) is 107 cm³/mol. The van der Waals surface area contributed by atoms with Crippen molar-refractivity contribution in [2.24, 2.45) is 0 Å². The number of nitrogens with zero attached hydrogens (tertiary/aromatic N) is 1. The summed E-state index contributed by atoms with van der Waals surface area (Å²) in [6.07, 6.45) is 4.26. The lowest BCUT2D eigenvalue weighted by atomic mass is 9.99. The van der Waals surface area contributed by atoms with Crippen molar-refractivity contribution in [1.82, 2.24) is 10.2 Å². The number of hydrogen-bond donors (Lipinski definition) is 1. The van der Waals surface area contributed by atoms with E-state index >= 15 is 0 Å². The molecule has 1 aliphatic rings. The first kappa shape index (κ1) is 20.1. The van der Waals surface area contributed by atoms with E-state index in [4.69, 9.17) is 0 Å². The van der Waals surface area contributed by atoms with Crippen LogP contribution in [0, 0.1) is 5.82 Å². The van der Waals surface area contributed by atoms with Gasteiger partial charge in [0.05, 0.1) is 18.9 Å². The highest BCUT2D eigenvalue weighted by Crippen LogP contribution is 2.26. The van der Waals surface area contributed by atoms with Crippen LogP contribution in [-0.2, 0) is 16.0 Å². The van der Waals surface area contributed by atoms with Crippen molar-refractivity contribution in [1.29, 1.82) is 0 Å². The summed E-state index contributed by atoms with van der Waals surface area (Å²) >= 11 is 0. The molecule has 5 heteroatoms. The van der Waals surface area contributed by atoms with Crippen molar-refractivity contribution in [3.8, 4) is 0 Å². The lowest BCUT2D eigenvalue weighted by molar-refractivity contribution is -0.134. The third kappa shape index (κ3) is 5.65. The fourth-order valence-electron chi connectivity index (χ4n) is 3.70. The zero-order valence-corrected chi connectivity index (χ0v) is 16.1. The number of carbonyl (C=O) groups excluding carboxylic acids is 2. The smallest absolute Gasteiger partial charge is 0.227 e. The number of hydrogen-bond acceptors (Lipinski definition) is 2. The third-order valence-electron chi connectivity index (χ3n) is 5.15. The lowest BCUT2D eigenvalue weighted by Gasteiger charge is -2.32. The summed E-state index contributed by atoms with van der Waals surface area (Å²) < 4.78 is 13.5. The van der Waals surface area contributed by atoms with Crippen molar-refractivity contribution in [3.63, 3.8) is 0 Å². The fraction of sp³-hybridized carbons (Fsp3) is 0.391. The van der Waals surface area contributed by atoms with E-state index in [1.807, 2.05) is 35.2 Å². The molecule has 0 aliphatic carbocycles. The Morgan fingerprint density at radius 1 is 1.04 bits per heavy atom. The van der Waals surface area contributed by atoms with E-state index in [-0.39, 0.29) is 36.5 Å². The highest BCUT2D eigenvalue weighted by molar-refractivity contribution is 5.81. The minimum Gasteiger partial charge on any atom is -0.356 e. The first-order chi connectivity index (χ1) is 13.6. The molecule has 0 aromatic heterocycles. The largest absolute Gasteiger partial charge is 0.356 e. The molecule has 4 nitrogen and oxygen atoms in total. The van der Waals surface area contributed by atoms with Gasteiger partial charge in [-0.1, -0.05) is 55.3 Å². The van der Waals surface area contributed by atoms with E-state index in [1.165, 1.54) is 12.1 Å². The molecule has 1 heterocycles. The molecule has 1 unspecified atom stereocenters. The lowest BCUT2D eigenvalue weighted by Crippen LogP contribution is -2.39. The van der Waals surface area contributed by atoms with E-state index in [9.17, 15) is 14.0 Å². The molecule has 2 amide bonds. The quantitative estimate of drug-likeness (QED) is 0.872. The standard InChI is InChI=1S/C23H27FN2O2/c24-20-12-8-9-18(15-20)16-23(28)26-14-7-2-1-6-13-25-22(27)17-21(26)19-10-4-3-5-11-19/h3-5,8-12,15,21H,1-2,6-7,13-14,16-17H2,(H,25,27). The Morgan fingerprint density at radius 2 is 1.82 bits per heavy atom. The third-order valence-corrected chi connectivity index (χ3v) is 5.15.